The average Bonchev–Trinajstić information content (AvgIpc) is 3.23. The van der Waals surface area contributed by atoms with Crippen LogP contribution in [0.25, 0.3) is 0 Å². The summed E-state index contributed by atoms with van der Waals surface area (Å²) in [5.74, 6) is -0.651. The van der Waals surface area contributed by atoms with Gasteiger partial charge in [0.05, 0.1) is 16.2 Å². The number of hydrogen-bond donors (Lipinski definition) is 2. The van der Waals surface area contributed by atoms with Gasteiger partial charge in [0.15, 0.2) is 6.61 Å². The van der Waals surface area contributed by atoms with E-state index in [9.17, 15) is 9.59 Å². The van der Waals surface area contributed by atoms with Gasteiger partial charge in [0.1, 0.15) is 10.6 Å². The van der Waals surface area contributed by atoms with Crippen LogP contribution in [0.1, 0.15) is 34.1 Å². The highest BCUT2D eigenvalue weighted by Gasteiger charge is 2.30. The summed E-state index contributed by atoms with van der Waals surface area (Å²) in [5.41, 5.74) is 3.05. The molecule has 0 radical (unpaired) electrons. The summed E-state index contributed by atoms with van der Waals surface area (Å²) >= 11 is 7.35. The third kappa shape index (κ3) is 3.80. The van der Waals surface area contributed by atoms with E-state index in [-0.39, 0.29) is 16.7 Å². The van der Waals surface area contributed by atoms with Crippen molar-refractivity contribution in [3.63, 3.8) is 0 Å². The third-order valence-electron chi connectivity index (χ3n) is 3.31. The van der Waals surface area contributed by atoms with Gasteiger partial charge in [-0.15, -0.1) is 11.3 Å². The van der Waals surface area contributed by atoms with Crippen LogP contribution >= 0.6 is 22.9 Å². The predicted octanol–water partition coefficient (Wildman–Crippen LogP) is 3.39. The van der Waals surface area contributed by atoms with E-state index in [0.717, 1.165) is 18.5 Å². The molecule has 1 aromatic carbocycles. The molecule has 1 heterocycles. The first-order valence-electron chi connectivity index (χ1n) is 6.93. The average molecular weight is 353 g/mol. The summed E-state index contributed by atoms with van der Waals surface area (Å²) in [6, 6.07) is 4.66. The van der Waals surface area contributed by atoms with E-state index in [1.165, 1.54) is 23.5 Å². The standard InChI is InChI=1S/C15H13ClN2O4S/c16-10-5-9(3-4-11(10)22-6-12(19)20)18-15(21)14-13(8-1-2-8)17-7-23-14/h3-5,7-8H,1-2,6H2,(H,18,21)(H,19,20). The van der Waals surface area contributed by atoms with Gasteiger partial charge >= 0.3 is 5.97 Å². The maximum Gasteiger partial charge on any atom is 0.341 e. The van der Waals surface area contributed by atoms with Gasteiger partial charge < -0.3 is 15.2 Å². The van der Waals surface area contributed by atoms with E-state index in [1.807, 2.05) is 0 Å². The van der Waals surface area contributed by atoms with Gasteiger partial charge in [-0.3, -0.25) is 4.79 Å². The maximum absolute atomic E-state index is 12.3. The molecule has 0 unspecified atom stereocenters. The number of hydrogen-bond acceptors (Lipinski definition) is 5. The fourth-order valence-electron chi connectivity index (χ4n) is 2.10. The van der Waals surface area contributed by atoms with Crippen molar-refractivity contribution in [1.29, 1.82) is 0 Å². The molecule has 6 nitrogen and oxygen atoms in total. The fourth-order valence-corrected chi connectivity index (χ4v) is 3.10. The largest absolute Gasteiger partial charge is 0.480 e. The molecule has 8 heteroatoms. The molecule has 0 aliphatic heterocycles. The topological polar surface area (TPSA) is 88.5 Å². The van der Waals surface area contributed by atoms with Crippen LogP contribution in [0.3, 0.4) is 0 Å². The maximum atomic E-state index is 12.3. The van der Waals surface area contributed by atoms with E-state index in [2.05, 4.69) is 10.3 Å². The number of thiazole rings is 1. The van der Waals surface area contributed by atoms with Gasteiger partial charge in [0.2, 0.25) is 0 Å². The van der Waals surface area contributed by atoms with Crippen molar-refractivity contribution in [1.82, 2.24) is 4.98 Å². The number of benzene rings is 1. The van der Waals surface area contributed by atoms with E-state index >= 15 is 0 Å². The van der Waals surface area contributed by atoms with E-state index < -0.39 is 12.6 Å². The van der Waals surface area contributed by atoms with Crippen LogP contribution in [0, 0.1) is 0 Å². The summed E-state index contributed by atoms with van der Waals surface area (Å²) in [6.07, 6.45) is 2.15. The van der Waals surface area contributed by atoms with Crippen LogP contribution in [0.2, 0.25) is 5.02 Å². The van der Waals surface area contributed by atoms with Crippen molar-refractivity contribution >= 4 is 40.5 Å². The van der Waals surface area contributed by atoms with Crippen LogP contribution < -0.4 is 10.1 Å². The van der Waals surface area contributed by atoms with Crippen LogP contribution in [-0.4, -0.2) is 28.6 Å². The summed E-state index contributed by atoms with van der Waals surface area (Å²) in [7, 11) is 0. The Bertz CT molecular complexity index is 758. The van der Waals surface area contributed by atoms with Crippen LogP contribution in [-0.2, 0) is 4.79 Å². The first kappa shape index (κ1) is 15.8. The van der Waals surface area contributed by atoms with Crippen molar-refractivity contribution < 1.29 is 19.4 Å². The Kier molecular flexibility index (Phi) is 4.49. The number of nitrogens with one attached hydrogen (secondary N) is 1. The van der Waals surface area contributed by atoms with E-state index in [1.54, 1.807) is 11.6 Å². The summed E-state index contributed by atoms with van der Waals surface area (Å²) in [6.45, 7) is -0.475. The van der Waals surface area contributed by atoms with Crippen LogP contribution in [0.4, 0.5) is 5.69 Å². The highest BCUT2D eigenvalue weighted by molar-refractivity contribution is 7.12. The number of aliphatic carboxylic acids is 1. The molecule has 23 heavy (non-hydrogen) atoms. The quantitative estimate of drug-likeness (QED) is 0.831. The molecule has 2 N–H and O–H groups in total. The second-order valence-electron chi connectivity index (χ2n) is 5.12. The Morgan fingerprint density at radius 2 is 2.22 bits per heavy atom. The van der Waals surface area contributed by atoms with Crippen molar-refractivity contribution in [3.05, 3.63) is 39.3 Å². The molecule has 1 aliphatic rings. The van der Waals surface area contributed by atoms with Crippen molar-refractivity contribution in [3.8, 4) is 5.75 Å². The molecule has 0 atom stereocenters. The molecule has 1 amide bonds. The predicted molar refractivity (Wildman–Crippen MR) is 86.6 cm³/mol. The lowest BCUT2D eigenvalue weighted by molar-refractivity contribution is -0.139. The zero-order valence-electron chi connectivity index (χ0n) is 11.9. The van der Waals surface area contributed by atoms with E-state index in [4.69, 9.17) is 21.4 Å². The van der Waals surface area contributed by atoms with Gasteiger partial charge in [0, 0.05) is 11.6 Å². The van der Waals surface area contributed by atoms with Gasteiger partial charge in [-0.25, -0.2) is 9.78 Å². The number of anilines is 1. The van der Waals surface area contributed by atoms with E-state index in [0.29, 0.717) is 16.5 Å². The smallest absolute Gasteiger partial charge is 0.341 e. The number of nitrogens with zero attached hydrogens (tertiary/aromatic N) is 1. The number of carboxylic acids is 1. The minimum absolute atomic E-state index is 0.218. The second kappa shape index (κ2) is 6.55. The van der Waals surface area contributed by atoms with Crippen LogP contribution in [0.5, 0.6) is 5.75 Å². The molecular weight excluding hydrogens is 340 g/mol. The number of carboxylic acid groups (broad SMARTS) is 1. The van der Waals surface area contributed by atoms with Gasteiger partial charge in [-0.1, -0.05) is 11.6 Å². The number of carbonyl (C=O) groups excluding carboxylic acids is 1. The first-order valence-corrected chi connectivity index (χ1v) is 8.19. The number of rotatable bonds is 6. The number of carbonyl (C=O) groups is 2. The molecule has 0 bridgehead atoms. The summed E-state index contributed by atoms with van der Waals surface area (Å²) < 4.78 is 5.04. The first-order chi connectivity index (χ1) is 11.0. The third-order valence-corrected chi connectivity index (χ3v) is 4.44. The Morgan fingerprint density at radius 1 is 1.43 bits per heavy atom. The summed E-state index contributed by atoms with van der Waals surface area (Å²) in [4.78, 5) is 27.7. The molecule has 2 aromatic rings. The molecule has 3 rings (SSSR count). The molecule has 0 spiro atoms. The van der Waals surface area contributed by atoms with Crippen molar-refractivity contribution in [2.24, 2.45) is 0 Å². The Balaban J connectivity index is 1.70. The fraction of sp³-hybridized carbons (Fsp3) is 0.267. The minimum atomic E-state index is -1.09. The number of halogens is 1. The van der Waals surface area contributed by atoms with Crippen LogP contribution in [0.15, 0.2) is 23.7 Å². The molecule has 1 aliphatic carbocycles. The zero-order chi connectivity index (χ0) is 16.4. The molecule has 120 valence electrons. The highest BCUT2D eigenvalue weighted by atomic mass is 35.5. The molecule has 1 saturated carbocycles. The zero-order valence-corrected chi connectivity index (χ0v) is 13.5. The highest BCUT2D eigenvalue weighted by Crippen LogP contribution is 2.42. The van der Waals surface area contributed by atoms with Crippen molar-refractivity contribution in [2.75, 3.05) is 11.9 Å². The molecule has 1 fully saturated rings. The van der Waals surface area contributed by atoms with Crippen molar-refractivity contribution in [2.45, 2.75) is 18.8 Å². The Labute approximate surface area is 141 Å². The molecular formula is C15H13ClN2O4S. The number of amides is 1. The lowest BCUT2D eigenvalue weighted by Gasteiger charge is -2.09. The lowest BCUT2D eigenvalue weighted by Crippen LogP contribution is -2.13. The van der Waals surface area contributed by atoms with Gasteiger partial charge in [0.25, 0.3) is 5.91 Å². The molecule has 0 saturated heterocycles. The van der Waals surface area contributed by atoms with Gasteiger partial charge in [-0.2, -0.15) is 0 Å². The lowest BCUT2D eigenvalue weighted by atomic mass is 10.2. The minimum Gasteiger partial charge on any atom is -0.480 e. The number of aromatic nitrogens is 1. The Morgan fingerprint density at radius 3 is 2.87 bits per heavy atom. The monoisotopic (exact) mass is 352 g/mol. The Hall–Kier alpha value is -2.12. The normalized spacial score (nSPS) is 13.6. The SMILES string of the molecule is O=C(O)COc1ccc(NC(=O)c2scnc2C2CC2)cc1Cl. The number of ether oxygens (including phenoxy) is 1. The van der Waals surface area contributed by atoms with Gasteiger partial charge in [-0.05, 0) is 31.0 Å². The molecule has 1 aromatic heterocycles. The summed E-state index contributed by atoms with van der Waals surface area (Å²) in [5, 5.41) is 11.6. The second-order valence-corrected chi connectivity index (χ2v) is 6.38.